The molecule has 0 bridgehead atoms. The number of furan rings is 1. The fraction of sp³-hybridized carbons (Fsp3) is 0.211. The van der Waals surface area contributed by atoms with Crippen molar-refractivity contribution in [2.24, 2.45) is 0 Å². The summed E-state index contributed by atoms with van der Waals surface area (Å²) in [7, 11) is 0. The second kappa shape index (κ2) is 8.66. The third kappa shape index (κ3) is 4.83. The van der Waals surface area contributed by atoms with E-state index in [0.717, 1.165) is 11.3 Å². The average Bonchev–Trinajstić information content (AvgIpc) is 3.34. The number of carbonyl (C=O) groups excluding carboxylic acids is 2. The Labute approximate surface area is 151 Å². The molecule has 0 saturated carbocycles. The van der Waals surface area contributed by atoms with E-state index in [1.807, 2.05) is 36.5 Å². The maximum atomic E-state index is 12.2. The molecule has 0 aliphatic carbocycles. The SMILES string of the molecule is O=C(CCCNC(=O)c1ccco1)Nc1ccccc1Cn1cccn1. The van der Waals surface area contributed by atoms with Gasteiger partial charge in [0.25, 0.3) is 5.91 Å². The topological polar surface area (TPSA) is 89.2 Å². The van der Waals surface area contributed by atoms with Gasteiger partial charge in [0.15, 0.2) is 5.76 Å². The number of hydrogen-bond acceptors (Lipinski definition) is 4. The summed E-state index contributed by atoms with van der Waals surface area (Å²) in [6, 6.07) is 12.8. The Morgan fingerprint density at radius 2 is 2.00 bits per heavy atom. The molecule has 7 heteroatoms. The molecule has 1 aromatic carbocycles. The summed E-state index contributed by atoms with van der Waals surface area (Å²) in [6.45, 7) is 0.991. The second-order valence-electron chi connectivity index (χ2n) is 5.75. The van der Waals surface area contributed by atoms with E-state index < -0.39 is 0 Å². The molecule has 2 amide bonds. The van der Waals surface area contributed by atoms with E-state index in [0.29, 0.717) is 25.9 Å². The molecule has 0 aliphatic rings. The highest BCUT2D eigenvalue weighted by atomic mass is 16.3. The highest BCUT2D eigenvalue weighted by Gasteiger charge is 2.09. The first-order valence-electron chi connectivity index (χ1n) is 8.39. The molecule has 7 nitrogen and oxygen atoms in total. The molecule has 0 unspecified atom stereocenters. The number of amides is 2. The minimum absolute atomic E-state index is 0.0924. The smallest absolute Gasteiger partial charge is 0.286 e. The zero-order valence-electron chi connectivity index (χ0n) is 14.2. The van der Waals surface area contributed by atoms with Crippen LogP contribution in [0.1, 0.15) is 29.0 Å². The van der Waals surface area contributed by atoms with Gasteiger partial charge in [0, 0.05) is 31.0 Å². The van der Waals surface area contributed by atoms with Crippen molar-refractivity contribution in [1.29, 1.82) is 0 Å². The highest BCUT2D eigenvalue weighted by molar-refractivity contribution is 5.92. The normalized spacial score (nSPS) is 10.5. The lowest BCUT2D eigenvalue weighted by Crippen LogP contribution is -2.25. The van der Waals surface area contributed by atoms with E-state index in [1.54, 1.807) is 23.0 Å². The van der Waals surface area contributed by atoms with Crippen molar-refractivity contribution in [2.75, 3.05) is 11.9 Å². The van der Waals surface area contributed by atoms with Crippen molar-refractivity contribution in [2.45, 2.75) is 19.4 Å². The Balaban J connectivity index is 1.45. The molecule has 0 saturated heterocycles. The van der Waals surface area contributed by atoms with Gasteiger partial charge in [-0.05, 0) is 36.2 Å². The van der Waals surface area contributed by atoms with E-state index in [2.05, 4.69) is 15.7 Å². The van der Waals surface area contributed by atoms with Crippen LogP contribution in [0.25, 0.3) is 0 Å². The molecule has 3 aromatic rings. The first kappa shape index (κ1) is 17.5. The lowest BCUT2D eigenvalue weighted by molar-refractivity contribution is -0.116. The van der Waals surface area contributed by atoms with Gasteiger partial charge in [-0.1, -0.05) is 18.2 Å². The Kier molecular flexibility index (Phi) is 5.82. The van der Waals surface area contributed by atoms with Crippen molar-refractivity contribution < 1.29 is 14.0 Å². The van der Waals surface area contributed by atoms with Gasteiger partial charge in [-0.25, -0.2) is 0 Å². The van der Waals surface area contributed by atoms with Gasteiger partial charge in [0.05, 0.1) is 12.8 Å². The van der Waals surface area contributed by atoms with Crippen molar-refractivity contribution in [3.8, 4) is 0 Å². The first-order valence-corrected chi connectivity index (χ1v) is 8.39. The van der Waals surface area contributed by atoms with Crippen LogP contribution in [0, 0.1) is 0 Å². The molecule has 0 radical (unpaired) electrons. The summed E-state index contributed by atoms with van der Waals surface area (Å²) in [5.41, 5.74) is 1.75. The summed E-state index contributed by atoms with van der Waals surface area (Å²) < 4.78 is 6.81. The Morgan fingerprint density at radius 1 is 1.12 bits per heavy atom. The van der Waals surface area contributed by atoms with Crippen molar-refractivity contribution in [3.05, 3.63) is 72.4 Å². The zero-order valence-corrected chi connectivity index (χ0v) is 14.2. The molecule has 26 heavy (non-hydrogen) atoms. The standard InChI is InChI=1S/C19H20N4O3/c24-18(9-3-10-20-19(25)17-8-4-13-26-17)22-16-7-2-1-6-15(16)14-23-12-5-11-21-23/h1-2,4-8,11-13H,3,9-10,14H2,(H,20,25)(H,22,24). The van der Waals surface area contributed by atoms with Gasteiger partial charge in [-0.3, -0.25) is 14.3 Å². The van der Waals surface area contributed by atoms with Gasteiger partial charge < -0.3 is 15.1 Å². The van der Waals surface area contributed by atoms with Gasteiger partial charge in [-0.2, -0.15) is 5.10 Å². The Bertz CT molecular complexity index is 842. The van der Waals surface area contributed by atoms with Gasteiger partial charge >= 0.3 is 0 Å². The average molecular weight is 352 g/mol. The van der Waals surface area contributed by atoms with E-state index in [-0.39, 0.29) is 17.6 Å². The molecule has 3 rings (SSSR count). The summed E-state index contributed by atoms with van der Waals surface area (Å²) in [4.78, 5) is 23.9. The number of carbonyl (C=O) groups is 2. The molecule has 2 aromatic heterocycles. The molecular weight excluding hydrogens is 332 g/mol. The number of anilines is 1. The Morgan fingerprint density at radius 3 is 2.77 bits per heavy atom. The fourth-order valence-corrected chi connectivity index (χ4v) is 2.51. The molecule has 0 spiro atoms. The lowest BCUT2D eigenvalue weighted by atomic mass is 10.1. The quantitative estimate of drug-likeness (QED) is 0.610. The van der Waals surface area contributed by atoms with E-state index in [4.69, 9.17) is 4.42 Å². The largest absolute Gasteiger partial charge is 0.459 e. The van der Waals surface area contributed by atoms with E-state index in [1.165, 1.54) is 6.26 Å². The minimum atomic E-state index is -0.278. The summed E-state index contributed by atoms with van der Waals surface area (Å²) in [5, 5.41) is 9.83. The van der Waals surface area contributed by atoms with Crippen molar-refractivity contribution in [3.63, 3.8) is 0 Å². The van der Waals surface area contributed by atoms with Crippen LogP contribution in [-0.4, -0.2) is 28.1 Å². The van der Waals surface area contributed by atoms with Crippen LogP contribution in [0.4, 0.5) is 5.69 Å². The predicted octanol–water partition coefficient (Wildman–Crippen LogP) is 2.67. The van der Waals surface area contributed by atoms with Gasteiger partial charge in [0.1, 0.15) is 0 Å². The predicted molar refractivity (Wildman–Crippen MR) is 96.7 cm³/mol. The number of para-hydroxylation sites is 1. The number of nitrogens with one attached hydrogen (secondary N) is 2. The van der Waals surface area contributed by atoms with Gasteiger partial charge in [0.2, 0.25) is 5.91 Å². The molecule has 134 valence electrons. The van der Waals surface area contributed by atoms with Crippen LogP contribution in [0.3, 0.4) is 0 Å². The maximum Gasteiger partial charge on any atom is 0.286 e. The van der Waals surface area contributed by atoms with E-state index in [9.17, 15) is 9.59 Å². The molecule has 0 aliphatic heterocycles. The summed E-state index contributed by atoms with van der Waals surface area (Å²) >= 11 is 0. The van der Waals surface area contributed by atoms with Crippen LogP contribution >= 0.6 is 0 Å². The monoisotopic (exact) mass is 352 g/mol. The van der Waals surface area contributed by atoms with Crippen LogP contribution in [0.15, 0.2) is 65.5 Å². The van der Waals surface area contributed by atoms with Crippen LogP contribution in [-0.2, 0) is 11.3 Å². The highest BCUT2D eigenvalue weighted by Crippen LogP contribution is 2.16. The summed E-state index contributed by atoms with van der Waals surface area (Å²) in [6.07, 6.45) is 5.90. The number of nitrogens with zero attached hydrogens (tertiary/aromatic N) is 2. The number of benzene rings is 1. The molecule has 0 atom stereocenters. The zero-order chi connectivity index (χ0) is 18.2. The second-order valence-corrected chi connectivity index (χ2v) is 5.75. The number of aromatic nitrogens is 2. The third-order valence-corrected chi connectivity index (χ3v) is 3.79. The fourth-order valence-electron chi connectivity index (χ4n) is 2.51. The maximum absolute atomic E-state index is 12.2. The van der Waals surface area contributed by atoms with Crippen molar-refractivity contribution in [1.82, 2.24) is 15.1 Å². The Hall–Kier alpha value is -3.35. The van der Waals surface area contributed by atoms with Crippen LogP contribution < -0.4 is 10.6 Å². The molecule has 0 fully saturated rings. The molecular formula is C19H20N4O3. The van der Waals surface area contributed by atoms with Gasteiger partial charge in [-0.15, -0.1) is 0 Å². The molecule has 2 heterocycles. The third-order valence-electron chi connectivity index (χ3n) is 3.79. The number of rotatable bonds is 8. The van der Waals surface area contributed by atoms with Crippen molar-refractivity contribution >= 4 is 17.5 Å². The van der Waals surface area contributed by atoms with E-state index >= 15 is 0 Å². The van der Waals surface area contributed by atoms with Crippen LogP contribution in [0.2, 0.25) is 0 Å². The lowest BCUT2D eigenvalue weighted by Gasteiger charge is -2.11. The summed E-state index contributed by atoms with van der Waals surface area (Å²) in [5.74, 6) is -0.105. The molecule has 2 N–H and O–H groups in total. The van der Waals surface area contributed by atoms with Crippen LogP contribution in [0.5, 0.6) is 0 Å². The number of hydrogen-bond donors (Lipinski definition) is 2. The first-order chi connectivity index (χ1) is 12.7. The minimum Gasteiger partial charge on any atom is -0.459 e.